The van der Waals surface area contributed by atoms with E-state index in [1.807, 2.05) is 97.1 Å². The number of carbonyl (C=O) groups excluding carboxylic acids is 2. The third-order valence-electron chi connectivity index (χ3n) is 7.50. The number of benzene rings is 3. The van der Waals surface area contributed by atoms with Gasteiger partial charge in [0, 0.05) is 6.42 Å². The lowest BCUT2D eigenvalue weighted by Crippen LogP contribution is -2.43. The molecular formula is C35H41NO3. The number of rotatable bonds is 15. The zero-order valence-corrected chi connectivity index (χ0v) is 23.1. The first-order chi connectivity index (χ1) is 19.2. The van der Waals surface area contributed by atoms with Gasteiger partial charge < -0.3 is 0 Å². The molecular weight excluding hydrogens is 482 g/mol. The topological polar surface area (TPSA) is 46.6 Å². The summed E-state index contributed by atoms with van der Waals surface area (Å²) in [5, 5.41) is 1.01. The molecule has 1 aliphatic heterocycles. The highest BCUT2D eigenvalue weighted by molar-refractivity contribution is 6.03. The highest BCUT2D eigenvalue weighted by Gasteiger charge is 2.47. The highest BCUT2D eigenvalue weighted by Crippen LogP contribution is 2.42. The van der Waals surface area contributed by atoms with Crippen LogP contribution in [0.5, 0.6) is 0 Å². The first-order valence-electron chi connectivity index (χ1n) is 14.6. The number of amides is 2. The second-order valence-electron chi connectivity index (χ2n) is 10.4. The summed E-state index contributed by atoms with van der Waals surface area (Å²) in [6.45, 7) is 2.24. The second-order valence-corrected chi connectivity index (χ2v) is 10.4. The molecule has 0 spiro atoms. The Bertz CT molecular complexity index is 1090. The van der Waals surface area contributed by atoms with E-state index in [-0.39, 0.29) is 18.2 Å². The molecule has 1 saturated heterocycles. The molecule has 3 aromatic rings. The molecule has 0 bridgehead atoms. The van der Waals surface area contributed by atoms with E-state index in [0.29, 0.717) is 0 Å². The molecule has 0 saturated carbocycles. The van der Waals surface area contributed by atoms with Crippen LogP contribution in [0.4, 0.5) is 0 Å². The summed E-state index contributed by atoms with van der Waals surface area (Å²) in [6, 6.07) is 29.4. The standard InChI is InChI=1S/C35H41NO3/c1-2-3-4-5-6-7-8-9-10-14-21-29-28-33(37)36(34(29)38)39-35(30-22-15-11-16-23-30,31-24-17-12-18-25-31)32-26-19-13-20-27-32/h11-27,29H,2-10,28H2,1H3. The number of hydrogen-bond acceptors (Lipinski definition) is 3. The maximum absolute atomic E-state index is 13.5. The van der Waals surface area contributed by atoms with Crippen molar-refractivity contribution in [3.8, 4) is 0 Å². The number of allylic oxidation sites excluding steroid dienone is 1. The van der Waals surface area contributed by atoms with Crippen LogP contribution in [0.2, 0.25) is 0 Å². The van der Waals surface area contributed by atoms with Crippen LogP contribution in [0.25, 0.3) is 0 Å². The Morgan fingerprint density at radius 1 is 0.718 bits per heavy atom. The van der Waals surface area contributed by atoms with Gasteiger partial charge in [-0.2, -0.15) is 5.06 Å². The van der Waals surface area contributed by atoms with Crippen molar-refractivity contribution < 1.29 is 14.4 Å². The van der Waals surface area contributed by atoms with Crippen LogP contribution < -0.4 is 0 Å². The third kappa shape index (κ3) is 7.13. The zero-order valence-electron chi connectivity index (χ0n) is 23.1. The Kier molecular flexibility index (Phi) is 10.7. The average Bonchev–Trinajstić information content (AvgIpc) is 3.25. The largest absolute Gasteiger partial charge is 0.272 e. The van der Waals surface area contributed by atoms with Gasteiger partial charge in [-0.05, 0) is 29.5 Å². The summed E-state index contributed by atoms with van der Waals surface area (Å²) in [5.41, 5.74) is 1.37. The molecule has 1 unspecified atom stereocenters. The highest BCUT2D eigenvalue weighted by atomic mass is 16.7. The maximum atomic E-state index is 13.5. The molecule has 4 heteroatoms. The van der Waals surface area contributed by atoms with Gasteiger partial charge in [0.2, 0.25) is 0 Å². The van der Waals surface area contributed by atoms with E-state index in [1.54, 1.807) is 0 Å². The van der Waals surface area contributed by atoms with Crippen molar-refractivity contribution in [3.05, 3.63) is 120 Å². The van der Waals surface area contributed by atoms with Crippen LogP contribution >= 0.6 is 0 Å². The van der Waals surface area contributed by atoms with E-state index in [4.69, 9.17) is 4.84 Å². The molecule has 204 valence electrons. The van der Waals surface area contributed by atoms with E-state index in [1.165, 1.54) is 44.9 Å². The van der Waals surface area contributed by atoms with Gasteiger partial charge in [0.1, 0.15) is 0 Å². The minimum atomic E-state index is -1.16. The van der Waals surface area contributed by atoms with Gasteiger partial charge in [-0.15, -0.1) is 0 Å². The predicted octanol–water partition coefficient (Wildman–Crippen LogP) is 8.37. The smallest absolute Gasteiger partial charge is 0.260 e. The van der Waals surface area contributed by atoms with Crippen molar-refractivity contribution in [2.45, 2.75) is 76.7 Å². The van der Waals surface area contributed by atoms with Crippen molar-refractivity contribution in [2.75, 3.05) is 0 Å². The Hall–Kier alpha value is -3.50. The van der Waals surface area contributed by atoms with Gasteiger partial charge in [-0.1, -0.05) is 155 Å². The van der Waals surface area contributed by atoms with Crippen molar-refractivity contribution >= 4 is 11.8 Å². The molecule has 0 N–H and O–H groups in total. The second kappa shape index (κ2) is 14.6. The van der Waals surface area contributed by atoms with Crippen molar-refractivity contribution in [1.29, 1.82) is 0 Å². The molecule has 4 nitrogen and oxygen atoms in total. The van der Waals surface area contributed by atoms with Crippen LogP contribution in [0.15, 0.2) is 103 Å². The molecule has 1 fully saturated rings. The molecule has 1 aliphatic rings. The first kappa shape index (κ1) is 28.5. The fraction of sp³-hybridized carbons (Fsp3) is 0.371. The number of carbonyl (C=O) groups is 2. The Balaban J connectivity index is 1.49. The molecule has 3 aromatic carbocycles. The van der Waals surface area contributed by atoms with E-state index < -0.39 is 11.5 Å². The van der Waals surface area contributed by atoms with Gasteiger partial charge in [0.05, 0.1) is 5.92 Å². The Morgan fingerprint density at radius 2 is 1.18 bits per heavy atom. The number of hydrogen-bond donors (Lipinski definition) is 0. The van der Waals surface area contributed by atoms with Crippen LogP contribution in [0, 0.1) is 5.92 Å². The minimum absolute atomic E-state index is 0.126. The summed E-state index contributed by atoms with van der Waals surface area (Å²) < 4.78 is 0. The van der Waals surface area contributed by atoms with Crippen LogP contribution in [-0.4, -0.2) is 16.9 Å². The molecule has 1 heterocycles. The number of hydroxylamine groups is 2. The van der Waals surface area contributed by atoms with Crippen molar-refractivity contribution in [2.24, 2.45) is 5.92 Å². The summed E-state index contributed by atoms with van der Waals surface area (Å²) in [4.78, 5) is 33.3. The fourth-order valence-corrected chi connectivity index (χ4v) is 5.35. The van der Waals surface area contributed by atoms with Gasteiger partial charge in [-0.3, -0.25) is 9.59 Å². The summed E-state index contributed by atoms with van der Waals surface area (Å²) >= 11 is 0. The third-order valence-corrected chi connectivity index (χ3v) is 7.50. The summed E-state index contributed by atoms with van der Waals surface area (Å²) in [5.74, 6) is -1.11. The average molecular weight is 524 g/mol. The van der Waals surface area contributed by atoms with E-state index in [0.717, 1.165) is 34.6 Å². The molecule has 0 aliphatic carbocycles. The molecule has 0 aromatic heterocycles. The molecule has 39 heavy (non-hydrogen) atoms. The Labute approximate surface area is 233 Å². The lowest BCUT2D eigenvalue weighted by atomic mass is 9.80. The van der Waals surface area contributed by atoms with Crippen LogP contribution in [-0.2, 0) is 20.0 Å². The number of imide groups is 1. The van der Waals surface area contributed by atoms with Crippen LogP contribution in [0.1, 0.15) is 87.8 Å². The molecule has 1 atom stereocenters. The van der Waals surface area contributed by atoms with Gasteiger partial charge in [0.15, 0.2) is 5.60 Å². The van der Waals surface area contributed by atoms with Crippen LogP contribution in [0.3, 0.4) is 0 Å². The maximum Gasteiger partial charge on any atom is 0.260 e. The first-order valence-corrected chi connectivity index (χ1v) is 14.6. The van der Waals surface area contributed by atoms with Crippen molar-refractivity contribution in [1.82, 2.24) is 5.06 Å². The zero-order chi connectivity index (χ0) is 27.3. The fourth-order valence-electron chi connectivity index (χ4n) is 5.35. The monoisotopic (exact) mass is 523 g/mol. The van der Waals surface area contributed by atoms with Crippen molar-refractivity contribution in [3.63, 3.8) is 0 Å². The number of unbranched alkanes of at least 4 members (excludes halogenated alkanes) is 8. The quantitative estimate of drug-likeness (QED) is 0.0870. The Morgan fingerprint density at radius 3 is 1.67 bits per heavy atom. The SMILES string of the molecule is CCCCCCCCCCC=CC1CC(=O)N(OC(c2ccccc2)(c2ccccc2)c2ccccc2)C1=O. The van der Waals surface area contributed by atoms with Gasteiger partial charge >= 0.3 is 0 Å². The summed E-state index contributed by atoms with van der Waals surface area (Å²) in [7, 11) is 0. The summed E-state index contributed by atoms with van der Waals surface area (Å²) in [6.07, 6.45) is 15.2. The molecule has 0 radical (unpaired) electrons. The normalized spacial score (nSPS) is 15.9. The van der Waals surface area contributed by atoms with Gasteiger partial charge in [-0.25, -0.2) is 4.84 Å². The molecule has 4 rings (SSSR count). The predicted molar refractivity (Wildman–Crippen MR) is 157 cm³/mol. The van der Waals surface area contributed by atoms with E-state index in [2.05, 4.69) is 13.0 Å². The van der Waals surface area contributed by atoms with E-state index >= 15 is 0 Å². The lowest BCUT2D eigenvalue weighted by molar-refractivity contribution is -0.215. The minimum Gasteiger partial charge on any atom is -0.272 e. The number of nitrogens with zero attached hydrogens (tertiary/aromatic N) is 1. The van der Waals surface area contributed by atoms with Gasteiger partial charge in [0.25, 0.3) is 11.8 Å². The van der Waals surface area contributed by atoms with E-state index in [9.17, 15) is 9.59 Å². The lowest BCUT2D eigenvalue weighted by Gasteiger charge is -2.37. The molecule has 2 amide bonds.